The summed E-state index contributed by atoms with van der Waals surface area (Å²) < 4.78 is 10.6. The largest absolute Gasteiger partial charge is 0.490 e. The second-order valence-electron chi connectivity index (χ2n) is 10.1. The summed E-state index contributed by atoms with van der Waals surface area (Å²) >= 11 is 0. The van der Waals surface area contributed by atoms with Gasteiger partial charge in [0, 0.05) is 25.4 Å². The third-order valence-electron chi connectivity index (χ3n) is 7.24. The van der Waals surface area contributed by atoms with Crippen molar-refractivity contribution in [1.29, 1.82) is 5.26 Å². The number of nitriles is 1. The number of ether oxygens (including phenoxy) is 2. The van der Waals surface area contributed by atoms with Gasteiger partial charge in [0.05, 0.1) is 37.3 Å². The van der Waals surface area contributed by atoms with Gasteiger partial charge < -0.3 is 24.5 Å². The van der Waals surface area contributed by atoms with Crippen LogP contribution in [0.3, 0.4) is 0 Å². The maximum atomic E-state index is 13.0. The number of likely N-dealkylation sites (tertiary alicyclic amines) is 1. The first-order chi connectivity index (χ1) is 19.3. The molecule has 1 fully saturated rings. The number of benzene rings is 2. The van der Waals surface area contributed by atoms with E-state index in [1.807, 2.05) is 32.0 Å². The van der Waals surface area contributed by atoms with Crippen LogP contribution in [0.5, 0.6) is 5.75 Å². The highest BCUT2D eigenvalue weighted by Crippen LogP contribution is 2.34. The van der Waals surface area contributed by atoms with Gasteiger partial charge in [-0.1, -0.05) is 23.4 Å². The number of aliphatic imine (C=N–C) groups is 1. The highest BCUT2D eigenvalue weighted by atomic mass is 16.6. The van der Waals surface area contributed by atoms with Gasteiger partial charge in [0.2, 0.25) is 0 Å². The van der Waals surface area contributed by atoms with Crippen molar-refractivity contribution in [3.05, 3.63) is 64.2 Å². The Bertz CT molecular complexity index is 1320. The molecule has 0 bridgehead atoms. The van der Waals surface area contributed by atoms with Crippen LogP contribution in [0.2, 0.25) is 0 Å². The number of piperidine rings is 1. The lowest BCUT2D eigenvalue weighted by Gasteiger charge is -2.31. The van der Waals surface area contributed by atoms with Crippen molar-refractivity contribution in [2.24, 2.45) is 16.1 Å². The van der Waals surface area contributed by atoms with E-state index in [1.165, 1.54) is 7.11 Å². The number of hydrogen-bond donors (Lipinski definition) is 1. The van der Waals surface area contributed by atoms with Crippen molar-refractivity contribution in [3.8, 4) is 11.8 Å². The number of nitrogens with one attached hydrogen (secondary N) is 1. The van der Waals surface area contributed by atoms with Crippen LogP contribution in [0, 0.1) is 17.2 Å². The molecule has 2 aromatic carbocycles. The molecule has 2 aliphatic rings. The zero-order valence-electron chi connectivity index (χ0n) is 23.2. The number of urea groups is 1. The van der Waals surface area contributed by atoms with E-state index in [1.54, 1.807) is 23.1 Å². The summed E-state index contributed by atoms with van der Waals surface area (Å²) in [6.45, 7) is 8.61. The number of hydrogen-bond acceptors (Lipinski definition) is 8. The van der Waals surface area contributed by atoms with Gasteiger partial charge >= 0.3 is 12.0 Å². The van der Waals surface area contributed by atoms with Crippen LogP contribution in [-0.2, 0) is 27.3 Å². The molecule has 2 amide bonds. The summed E-state index contributed by atoms with van der Waals surface area (Å²) in [5, 5.41) is 16.3. The fraction of sp³-hybridized carbons (Fsp3) is 0.433. The highest BCUT2D eigenvalue weighted by Gasteiger charge is 2.31. The minimum Gasteiger partial charge on any atom is -0.490 e. The Hall–Kier alpha value is -4.39. The van der Waals surface area contributed by atoms with E-state index < -0.39 is 0 Å². The van der Waals surface area contributed by atoms with Crippen LogP contribution in [0.1, 0.15) is 67.0 Å². The summed E-state index contributed by atoms with van der Waals surface area (Å²) in [6, 6.07) is 13.1. The molecule has 0 aromatic heterocycles. The van der Waals surface area contributed by atoms with Crippen molar-refractivity contribution in [3.63, 3.8) is 0 Å². The Balaban J connectivity index is 1.46. The first-order valence-corrected chi connectivity index (χ1v) is 13.5. The van der Waals surface area contributed by atoms with Crippen molar-refractivity contribution in [2.45, 2.75) is 58.2 Å². The van der Waals surface area contributed by atoms with Crippen LogP contribution in [0.15, 0.2) is 46.5 Å². The molecule has 1 N–H and O–H groups in total. The first-order valence-electron chi connectivity index (χ1n) is 13.5. The van der Waals surface area contributed by atoms with Crippen LogP contribution in [-0.4, -0.2) is 55.8 Å². The average Bonchev–Trinajstić information content (AvgIpc) is 3.38. The molecule has 40 heavy (non-hydrogen) atoms. The van der Waals surface area contributed by atoms with Gasteiger partial charge in [0.15, 0.2) is 0 Å². The molecule has 1 aliphatic carbocycles. The molecule has 1 unspecified atom stereocenters. The predicted molar refractivity (Wildman–Crippen MR) is 150 cm³/mol. The topological polar surface area (TPSA) is 126 Å². The van der Waals surface area contributed by atoms with E-state index >= 15 is 0 Å². The molecule has 1 aliphatic heterocycles. The van der Waals surface area contributed by atoms with E-state index in [0.29, 0.717) is 49.4 Å². The maximum absolute atomic E-state index is 13.0. The van der Waals surface area contributed by atoms with Crippen molar-refractivity contribution in [1.82, 2.24) is 10.2 Å². The van der Waals surface area contributed by atoms with Gasteiger partial charge in [0.1, 0.15) is 11.8 Å². The standard InChI is InChI=1S/C30H35N5O5/c1-19(2)39-27-11-8-21(16-23(27)17-31)28(40-32-3)33-18-22-6-5-7-25-24(22)9-10-26(25)34-30(37)35-14-12-20(13-15-35)29(36)38-4/h5-8,11,16,19-20,26H,3,9-10,12-15,18H2,1-2,4H3,(H,34,37). The fourth-order valence-electron chi connectivity index (χ4n) is 5.25. The summed E-state index contributed by atoms with van der Waals surface area (Å²) in [5.74, 6) is 0.389. The van der Waals surface area contributed by atoms with Crippen LogP contribution >= 0.6 is 0 Å². The van der Waals surface area contributed by atoms with Gasteiger partial charge in [-0.3, -0.25) is 4.79 Å². The summed E-state index contributed by atoms with van der Waals surface area (Å²) in [6.07, 6.45) is 2.75. The Morgan fingerprint density at radius 1 is 1.20 bits per heavy atom. The van der Waals surface area contributed by atoms with Gasteiger partial charge in [-0.05, 0) is 74.4 Å². The number of methoxy groups -OCH3 is 1. The maximum Gasteiger partial charge on any atom is 0.317 e. The minimum absolute atomic E-state index is 0.0651. The molecule has 210 valence electrons. The number of nitrogens with zero attached hydrogens (tertiary/aromatic N) is 4. The summed E-state index contributed by atoms with van der Waals surface area (Å²) in [7, 11) is 1.40. The van der Waals surface area contributed by atoms with Gasteiger partial charge in [-0.25, -0.2) is 9.79 Å². The Morgan fingerprint density at radius 2 is 1.98 bits per heavy atom. The van der Waals surface area contributed by atoms with E-state index in [4.69, 9.17) is 14.3 Å². The quantitative estimate of drug-likeness (QED) is 0.225. The molecule has 0 saturated carbocycles. The minimum atomic E-state index is -0.208. The third kappa shape index (κ3) is 6.60. The molecule has 1 heterocycles. The van der Waals surface area contributed by atoms with Crippen molar-refractivity contribution in [2.75, 3.05) is 20.2 Å². The van der Waals surface area contributed by atoms with E-state index in [0.717, 1.165) is 29.5 Å². The number of rotatable bonds is 8. The molecule has 1 atom stereocenters. The summed E-state index contributed by atoms with van der Waals surface area (Å²) in [4.78, 5) is 36.6. The van der Waals surface area contributed by atoms with Crippen molar-refractivity contribution >= 4 is 24.6 Å². The van der Waals surface area contributed by atoms with E-state index in [2.05, 4.69) is 28.3 Å². The molecular formula is C30H35N5O5. The zero-order chi connectivity index (χ0) is 28.6. The molecule has 10 heteroatoms. The van der Waals surface area contributed by atoms with Crippen LogP contribution in [0.4, 0.5) is 4.79 Å². The van der Waals surface area contributed by atoms with Gasteiger partial charge in [-0.15, -0.1) is 0 Å². The smallest absolute Gasteiger partial charge is 0.317 e. The molecule has 0 radical (unpaired) electrons. The van der Waals surface area contributed by atoms with E-state index in [-0.39, 0.29) is 36.0 Å². The molecule has 10 nitrogen and oxygen atoms in total. The van der Waals surface area contributed by atoms with Crippen LogP contribution in [0.25, 0.3) is 0 Å². The lowest BCUT2D eigenvalue weighted by Crippen LogP contribution is -2.46. The van der Waals surface area contributed by atoms with Crippen molar-refractivity contribution < 1.29 is 23.9 Å². The fourth-order valence-corrected chi connectivity index (χ4v) is 5.25. The lowest BCUT2D eigenvalue weighted by molar-refractivity contribution is -0.146. The Kier molecular flexibility index (Phi) is 9.38. The number of carbonyl (C=O) groups excluding carboxylic acids is 2. The second-order valence-corrected chi connectivity index (χ2v) is 10.1. The lowest BCUT2D eigenvalue weighted by atomic mass is 9.97. The average molecular weight is 546 g/mol. The number of esters is 1. The molecule has 4 rings (SSSR count). The third-order valence-corrected chi connectivity index (χ3v) is 7.24. The number of fused-ring (bicyclic) bond motifs is 1. The second kappa shape index (κ2) is 13.1. The highest BCUT2D eigenvalue weighted by molar-refractivity contribution is 5.94. The van der Waals surface area contributed by atoms with Gasteiger partial charge in [0.25, 0.3) is 5.90 Å². The summed E-state index contributed by atoms with van der Waals surface area (Å²) in [5.41, 5.74) is 4.23. The van der Waals surface area contributed by atoms with Crippen LogP contribution < -0.4 is 10.1 Å². The SMILES string of the molecule is C=NOC(=NCc1cccc2c1CCC2NC(=O)N1CCC(C(=O)OC)CC1)c1ccc(OC(C)C)c(C#N)c1. The zero-order valence-corrected chi connectivity index (χ0v) is 23.2. The molecule has 1 saturated heterocycles. The normalized spacial score (nSPS) is 17.1. The number of carbonyl (C=O) groups is 2. The number of amides is 2. The van der Waals surface area contributed by atoms with Gasteiger partial charge in [-0.2, -0.15) is 5.26 Å². The molecular weight excluding hydrogens is 510 g/mol. The monoisotopic (exact) mass is 545 g/mol. The Morgan fingerprint density at radius 3 is 2.65 bits per heavy atom. The predicted octanol–water partition coefficient (Wildman–Crippen LogP) is 4.51. The number of oxime groups is 1. The molecule has 0 spiro atoms. The molecule has 2 aromatic rings. The Labute approximate surface area is 234 Å². The van der Waals surface area contributed by atoms with E-state index in [9.17, 15) is 14.9 Å². The first kappa shape index (κ1) is 28.6.